The van der Waals surface area contributed by atoms with E-state index in [1.165, 1.54) is 11.3 Å². The van der Waals surface area contributed by atoms with Gasteiger partial charge >= 0.3 is 0 Å². The smallest absolute Gasteiger partial charge is 0.251 e. The summed E-state index contributed by atoms with van der Waals surface area (Å²) in [5, 5.41) is 2.75. The van der Waals surface area contributed by atoms with E-state index in [0.29, 0.717) is 44.3 Å². The average Bonchev–Trinajstić information content (AvgIpc) is 3.51. The molecule has 0 aliphatic carbocycles. The lowest BCUT2D eigenvalue weighted by Gasteiger charge is -2.35. The van der Waals surface area contributed by atoms with Gasteiger partial charge in [-0.05, 0) is 31.0 Å². The van der Waals surface area contributed by atoms with Crippen molar-refractivity contribution in [3.05, 3.63) is 29.3 Å². The maximum absolute atomic E-state index is 12.8. The van der Waals surface area contributed by atoms with Crippen LogP contribution in [0.3, 0.4) is 0 Å². The number of methoxy groups -OCH3 is 2. The summed E-state index contributed by atoms with van der Waals surface area (Å²) in [4.78, 5) is 33.5. The van der Waals surface area contributed by atoms with Gasteiger partial charge in [0.2, 0.25) is 5.91 Å². The summed E-state index contributed by atoms with van der Waals surface area (Å²) in [5.74, 6) is 1.40. The molecule has 4 rings (SSSR count). The minimum atomic E-state index is -0.299. The molecule has 166 valence electrons. The van der Waals surface area contributed by atoms with Crippen molar-refractivity contribution < 1.29 is 23.8 Å². The summed E-state index contributed by atoms with van der Waals surface area (Å²) in [5.41, 5.74) is 1.67. The molecule has 2 aliphatic rings. The van der Waals surface area contributed by atoms with Crippen molar-refractivity contribution in [2.45, 2.75) is 25.4 Å². The van der Waals surface area contributed by atoms with Gasteiger partial charge in [0.15, 0.2) is 11.5 Å². The van der Waals surface area contributed by atoms with Crippen molar-refractivity contribution >= 4 is 23.2 Å². The van der Waals surface area contributed by atoms with Crippen LogP contribution in [-0.4, -0.2) is 79.7 Å². The summed E-state index contributed by atoms with van der Waals surface area (Å²) in [6.07, 6.45) is 1.69. The number of aromatic nitrogens is 1. The van der Waals surface area contributed by atoms with Gasteiger partial charge in [-0.2, -0.15) is 0 Å². The number of thiazole rings is 1. The van der Waals surface area contributed by atoms with E-state index in [-0.39, 0.29) is 24.3 Å². The number of carbonyl (C=O) groups is 2. The number of hydrogen-bond acceptors (Lipinski definition) is 7. The standard InChI is InChI=1S/C22H27N3O5S/c1-28-17-6-5-15(12-19(17)29-2)21-23-16(14-31-21)13-20(26)24-7-9-25(10-8-24)22(27)18-4-3-11-30-18/h5-6,12,14,18H,3-4,7-11,13H2,1-2H3. The van der Waals surface area contributed by atoms with E-state index in [1.807, 2.05) is 33.4 Å². The molecule has 1 unspecified atom stereocenters. The van der Waals surface area contributed by atoms with Gasteiger partial charge in [-0.3, -0.25) is 9.59 Å². The van der Waals surface area contributed by atoms with Crippen molar-refractivity contribution in [3.8, 4) is 22.1 Å². The largest absolute Gasteiger partial charge is 0.493 e. The Morgan fingerprint density at radius 2 is 1.87 bits per heavy atom. The summed E-state index contributed by atoms with van der Waals surface area (Å²) < 4.78 is 16.1. The molecule has 1 aromatic carbocycles. The maximum Gasteiger partial charge on any atom is 0.251 e. The molecule has 0 spiro atoms. The van der Waals surface area contributed by atoms with Crippen LogP contribution in [-0.2, 0) is 20.7 Å². The molecule has 2 saturated heterocycles. The Balaban J connectivity index is 1.33. The molecule has 0 radical (unpaired) electrons. The number of benzene rings is 1. The van der Waals surface area contributed by atoms with Crippen LogP contribution in [0, 0.1) is 0 Å². The van der Waals surface area contributed by atoms with Crippen molar-refractivity contribution in [3.63, 3.8) is 0 Å². The average molecular weight is 446 g/mol. The molecule has 3 heterocycles. The van der Waals surface area contributed by atoms with Crippen LogP contribution < -0.4 is 9.47 Å². The first-order valence-electron chi connectivity index (χ1n) is 10.4. The normalized spacial score (nSPS) is 18.8. The lowest BCUT2D eigenvalue weighted by molar-refractivity contribution is -0.145. The minimum absolute atomic E-state index is 0.0355. The van der Waals surface area contributed by atoms with E-state index in [4.69, 9.17) is 14.2 Å². The number of hydrogen-bond donors (Lipinski definition) is 0. The Morgan fingerprint density at radius 1 is 1.13 bits per heavy atom. The summed E-state index contributed by atoms with van der Waals surface area (Å²) in [6, 6.07) is 5.65. The van der Waals surface area contributed by atoms with Crippen molar-refractivity contribution in [1.29, 1.82) is 0 Å². The van der Waals surface area contributed by atoms with E-state index in [1.54, 1.807) is 14.2 Å². The molecule has 2 amide bonds. The van der Waals surface area contributed by atoms with E-state index in [2.05, 4.69) is 4.98 Å². The Hall–Kier alpha value is -2.65. The second kappa shape index (κ2) is 9.65. The first-order valence-corrected chi connectivity index (χ1v) is 11.3. The van der Waals surface area contributed by atoms with Crippen LogP contribution in [0.1, 0.15) is 18.5 Å². The third-order valence-corrected chi connectivity index (χ3v) is 6.60. The number of rotatable bonds is 6. The molecule has 2 aromatic rings. The highest BCUT2D eigenvalue weighted by molar-refractivity contribution is 7.13. The molecule has 0 N–H and O–H groups in total. The second-order valence-corrected chi connectivity index (χ2v) is 8.46. The predicted molar refractivity (Wildman–Crippen MR) is 116 cm³/mol. The van der Waals surface area contributed by atoms with Gasteiger partial charge in [-0.1, -0.05) is 0 Å². The molecule has 8 nitrogen and oxygen atoms in total. The van der Waals surface area contributed by atoms with E-state index in [9.17, 15) is 9.59 Å². The highest BCUT2D eigenvalue weighted by atomic mass is 32.1. The van der Waals surface area contributed by atoms with Gasteiger partial charge in [0.05, 0.1) is 26.3 Å². The van der Waals surface area contributed by atoms with Gasteiger partial charge in [0.25, 0.3) is 5.91 Å². The molecule has 2 aliphatic heterocycles. The predicted octanol–water partition coefficient (Wildman–Crippen LogP) is 2.22. The van der Waals surface area contributed by atoms with Gasteiger partial charge in [-0.25, -0.2) is 4.98 Å². The monoisotopic (exact) mass is 445 g/mol. The van der Waals surface area contributed by atoms with E-state index >= 15 is 0 Å². The highest BCUT2D eigenvalue weighted by Gasteiger charge is 2.31. The van der Waals surface area contributed by atoms with Crippen LogP contribution in [0.2, 0.25) is 0 Å². The van der Waals surface area contributed by atoms with Crippen LogP contribution in [0.25, 0.3) is 10.6 Å². The summed E-state index contributed by atoms with van der Waals surface area (Å²) in [6.45, 7) is 2.86. The number of amides is 2. The molecule has 0 saturated carbocycles. The summed E-state index contributed by atoms with van der Waals surface area (Å²) in [7, 11) is 3.20. The molecule has 31 heavy (non-hydrogen) atoms. The zero-order valence-electron chi connectivity index (χ0n) is 17.8. The summed E-state index contributed by atoms with van der Waals surface area (Å²) >= 11 is 1.50. The zero-order valence-corrected chi connectivity index (χ0v) is 18.7. The fraction of sp³-hybridized carbons (Fsp3) is 0.500. The Labute approximate surface area is 185 Å². The molecule has 0 bridgehead atoms. The Morgan fingerprint density at radius 3 is 2.55 bits per heavy atom. The lowest BCUT2D eigenvalue weighted by atomic mass is 10.2. The maximum atomic E-state index is 12.8. The molecular formula is C22H27N3O5S. The minimum Gasteiger partial charge on any atom is -0.493 e. The van der Waals surface area contributed by atoms with Crippen molar-refractivity contribution in [2.75, 3.05) is 47.0 Å². The van der Waals surface area contributed by atoms with Crippen molar-refractivity contribution in [2.24, 2.45) is 0 Å². The van der Waals surface area contributed by atoms with Crippen molar-refractivity contribution in [1.82, 2.24) is 14.8 Å². The topological polar surface area (TPSA) is 81.2 Å². The lowest BCUT2D eigenvalue weighted by Crippen LogP contribution is -2.53. The molecule has 9 heteroatoms. The van der Waals surface area contributed by atoms with E-state index in [0.717, 1.165) is 29.1 Å². The first-order chi connectivity index (χ1) is 15.1. The Kier molecular flexibility index (Phi) is 6.72. The van der Waals surface area contributed by atoms with Crippen LogP contribution in [0.5, 0.6) is 11.5 Å². The fourth-order valence-electron chi connectivity index (χ4n) is 3.91. The third kappa shape index (κ3) is 4.83. The van der Waals surface area contributed by atoms with Gasteiger partial charge in [-0.15, -0.1) is 11.3 Å². The molecule has 2 fully saturated rings. The quantitative estimate of drug-likeness (QED) is 0.678. The molecular weight excluding hydrogens is 418 g/mol. The van der Waals surface area contributed by atoms with Gasteiger partial charge in [0.1, 0.15) is 11.1 Å². The zero-order chi connectivity index (χ0) is 21.8. The van der Waals surface area contributed by atoms with Crippen LogP contribution in [0.15, 0.2) is 23.6 Å². The molecule has 1 atom stereocenters. The second-order valence-electron chi connectivity index (χ2n) is 7.60. The van der Waals surface area contributed by atoms with E-state index < -0.39 is 0 Å². The first kappa shape index (κ1) is 21.6. The third-order valence-electron chi connectivity index (χ3n) is 5.66. The van der Waals surface area contributed by atoms with Gasteiger partial charge < -0.3 is 24.0 Å². The van der Waals surface area contributed by atoms with Crippen LogP contribution >= 0.6 is 11.3 Å². The number of carbonyl (C=O) groups excluding carboxylic acids is 2. The van der Waals surface area contributed by atoms with Crippen LogP contribution in [0.4, 0.5) is 0 Å². The SMILES string of the molecule is COc1ccc(-c2nc(CC(=O)N3CCN(C(=O)C4CCCO4)CC3)cs2)cc1OC. The Bertz CT molecular complexity index is 933. The number of nitrogens with zero attached hydrogens (tertiary/aromatic N) is 3. The fourth-order valence-corrected chi connectivity index (χ4v) is 4.73. The molecule has 1 aromatic heterocycles. The highest BCUT2D eigenvalue weighted by Crippen LogP contribution is 2.33. The number of ether oxygens (including phenoxy) is 3. The van der Waals surface area contributed by atoms with Gasteiger partial charge in [0, 0.05) is 43.7 Å². The number of piperazine rings is 1.